The average Bonchev–Trinajstić information content (AvgIpc) is 1.53. The van der Waals surface area contributed by atoms with Crippen molar-refractivity contribution in [3.63, 3.8) is 0 Å². The number of amides is 1. The Labute approximate surface area is 612 Å². The van der Waals surface area contributed by atoms with Gasteiger partial charge in [0.1, 0.15) is 29.2 Å². The van der Waals surface area contributed by atoms with Crippen molar-refractivity contribution in [3.8, 4) is 34.5 Å². The van der Waals surface area contributed by atoms with Gasteiger partial charge in [-0.2, -0.15) is 38.2 Å². The van der Waals surface area contributed by atoms with Crippen molar-refractivity contribution >= 4 is 96.6 Å². The molecule has 0 bridgehead atoms. The van der Waals surface area contributed by atoms with Crippen LogP contribution in [0.5, 0.6) is 34.5 Å². The molecule has 0 saturated heterocycles. The van der Waals surface area contributed by atoms with Crippen LogP contribution < -0.4 is 33.9 Å². The summed E-state index contributed by atoms with van der Waals surface area (Å²) in [5.41, 5.74) is 3.28. The first-order valence-corrected chi connectivity index (χ1v) is 39.2. The predicted molar refractivity (Wildman–Crippen MR) is 388 cm³/mol. The molecule has 0 radical (unpaired) electrons. The summed E-state index contributed by atoms with van der Waals surface area (Å²) in [5.74, 6) is -1.41. The Morgan fingerprint density at radius 2 is 1.24 bits per heavy atom. The Morgan fingerprint density at radius 1 is 0.632 bits per heavy atom. The number of esters is 1. The summed E-state index contributed by atoms with van der Waals surface area (Å²) >= 11 is 0. The molecule has 4 aliphatic rings. The highest BCUT2D eigenvalue weighted by atomic mass is 32.2. The van der Waals surface area contributed by atoms with Gasteiger partial charge in [-0.25, -0.2) is 4.79 Å². The number of aromatic hydroxyl groups is 1. The Bertz CT molecular complexity index is 5300. The fraction of sp³-hybridized carbons (Fsp3) is 0.338. The number of nitrogens with zero attached hydrogens (tertiary/aromatic N) is 2. The first-order chi connectivity index (χ1) is 50.1. The van der Waals surface area contributed by atoms with Crippen molar-refractivity contribution in [3.05, 3.63) is 173 Å². The number of ether oxygens (including phenoxy) is 9. The van der Waals surface area contributed by atoms with E-state index in [1.54, 1.807) is 67.7 Å². The van der Waals surface area contributed by atoms with E-state index in [2.05, 4.69) is 5.32 Å². The molecule has 0 saturated carbocycles. The zero-order valence-electron chi connectivity index (χ0n) is 58.8. The van der Waals surface area contributed by atoms with E-state index in [4.69, 9.17) is 42.6 Å². The lowest BCUT2D eigenvalue weighted by molar-refractivity contribution is -0.401. The number of allylic oxidation sites excluding steroid dienone is 6. The maximum absolute atomic E-state index is 13.7. The van der Waals surface area contributed by atoms with E-state index in [-0.39, 0.29) is 122 Å². The standard InChI is InChI=1S/C74H79N3O25S4/c1-72(2)64(76(5)56-24-22-51-53(68(56)72)40-49(103(82,83)84)42-62(51)105(88,89)90)14-10-8-11-15-65-73(3,4)69-54-41-50(104(85,86)87)43-63(106(91,92)93)52(54)23-25-57(69)77(65)28-13-9-12-16-66(79)75-27-29-96-30-31-97-32-33-98-34-35-99-61-38-45(37-60(94-6)70(61)95-7)36-55-67(46-17-26-58-59(39-46)101-44-100-58)71(80)102-74(55,81)47-18-20-48(78)21-19-47/h8,10-11,14-15,17-26,37-43,81H,9,12-13,16,27-36,44H2,1-7H3,(H5-,75,78,79,82,83,84,85,86,87,88,89,90,91,92,93)/p+1. The van der Waals surface area contributed by atoms with Gasteiger partial charge in [-0.1, -0.05) is 50.6 Å². The number of fused-ring (bicyclic) bond motifs is 7. The summed E-state index contributed by atoms with van der Waals surface area (Å²) in [7, 11) is -15.2. The Hall–Kier alpha value is -9.29. The van der Waals surface area contributed by atoms with Crippen LogP contribution in [0.25, 0.3) is 27.1 Å². The summed E-state index contributed by atoms with van der Waals surface area (Å²) in [6.45, 7) is 9.54. The van der Waals surface area contributed by atoms with Gasteiger partial charge < -0.3 is 63.1 Å². The van der Waals surface area contributed by atoms with Gasteiger partial charge >= 0.3 is 5.97 Å². The second-order valence-corrected chi connectivity index (χ2v) is 32.0. The fourth-order valence-corrected chi connectivity index (χ4v) is 16.7. The van der Waals surface area contributed by atoms with Crippen LogP contribution in [0.3, 0.4) is 0 Å². The zero-order valence-corrected chi connectivity index (χ0v) is 62.0. The number of phenolic OH excluding ortho intramolecular Hbond substituents is 1. The maximum atomic E-state index is 13.7. The molecule has 1 unspecified atom stereocenters. The van der Waals surface area contributed by atoms with Crippen LogP contribution in [0.2, 0.25) is 0 Å². The first-order valence-electron chi connectivity index (χ1n) is 33.4. The number of benzene rings is 7. The number of phenols is 1. The summed E-state index contributed by atoms with van der Waals surface area (Å²) in [4.78, 5) is 25.9. The number of carbonyl (C=O) groups is 2. The summed E-state index contributed by atoms with van der Waals surface area (Å²) < 4.78 is 194. The SMILES string of the molecule is COc1cc(CC2=C(c3ccc4c(c3)OCO4)C(=O)OC2(O)c2ccc(O)cc2)cc(OCCOCCOCCOCCNC(=O)CCCCCN2/C(=C/C=C/C=C/C3=[N+](C)c4ccc5c(S(=O)(=O)O)cc(S(=O)(=O)O)cc5c4C3(C)C)C(C)(C)c3c2ccc2c(S(=O)(=O)O)cc(S(=O)(=O)O)cc32)c1OC. The van der Waals surface area contributed by atoms with Crippen LogP contribution in [0.4, 0.5) is 11.4 Å². The predicted octanol–water partition coefficient (Wildman–Crippen LogP) is 9.44. The third kappa shape index (κ3) is 16.2. The van der Waals surface area contributed by atoms with E-state index >= 15 is 0 Å². The highest BCUT2D eigenvalue weighted by molar-refractivity contribution is 7.87. The third-order valence-electron chi connectivity index (χ3n) is 18.9. The number of hydrogen-bond donors (Lipinski definition) is 7. The van der Waals surface area contributed by atoms with Crippen LogP contribution in [0.15, 0.2) is 164 Å². The van der Waals surface area contributed by atoms with E-state index in [1.165, 1.54) is 62.8 Å². The van der Waals surface area contributed by atoms with Gasteiger partial charge in [-0.15, -0.1) is 0 Å². The number of rotatable bonds is 32. The number of anilines is 1. The minimum Gasteiger partial charge on any atom is -0.508 e. The first kappa shape index (κ1) is 77.8. The largest absolute Gasteiger partial charge is 0.508 e. The monoisotopic (exact) mass is 1540 g/mol. The third-order valence-corrected chi connectivity index (χ3v) is 22.3. The lowest BCUT2D eigenvalue weighted by Gasteiger charge is -2.27. The van der Waals surface area contributed by atoms with Crippen LogP contribution in [-0.2, 0) is 92.0 Å². The van der Waals surface area contributed by atoms with Crippen LogP contribution in [0.1, 0.15) is 81.2 Å². The second-order valence-electron chi connectivity index (χ2n) is 26.3. The molecule has 564 valence electrons. The Kier molecular flexibility index (Phi) is 22.7. The fourth-order valence-electron chi connectivity index (χ4n) is 14.0. The second kappa shape index (κ2) is 30.9. The van der Waals surface area contributed by atoms with Gasteiger partial charge in [0.15, 0.2) is 28.7 Å². The van der Waals surface area contributed by atoms with E-state index in [0.29, 0.717) is 112 Å². The van der Waals surface area contributed by atoms with Crippen molar-refractivity contribution < 1.29 is 119 Å². The highest BCUT2D eigenvalue weighted by Gasteiger charge is 2.49. The number of unbranched alkanes of at least 4 members (excludes halogenated alkanes) is 2. The molecule has 1 amide bonds. The van der Waals surface area contributed by atoms with Gasteiger partial charge in [-0.3, -0.25) is 23.0 Å². The number of methoxy groups -OCH3 is 2. The zero-order chi connectivity index (χ0) is 76.5. The lowest BCUT2D eigenvalue weighted by atomic mass is 9.79. The highest BCUT2D eigenvalue weighted by Crippen LogP contribution is 2.53. The molecule has 4 aliphatic heterocycles. The molecule has 11 rings (SSSR count). The minimum atomic E-state index is -5.02. The average molecular weight is 1540 g/mol. The summed E-state index contributed by atoms with van der Waals surface area (Å²) in [5, 5.41) is 25.5. The number of nitrogens with one attached hydrogen (secondary N) is 1. The van der Waals surface area contributed by atoms with E-state index in [9.17, 15) is 71.7 Å². The van der Waals surface area contributed by atoms with E-state index in [0.717, 1.165) is 0 Å². The number of carbonyl (C=O) groups excluding carboxylic acids is 2. The van der Waals surface area contributed by atoms with Crippen molar-refractivity contribution in [2.75, 3.05) is 92.3 Å². The van der Waals surface area contributed by atoms with Crippen molar-refractivity contribution in [1.82, 2.24) is 5.32 Å². The molecule has 28 nitrogen and oxygen atoms in total. The van der Waals surface area contributed by atoms with Gasteiger partial charge in [0.2, 0.25) is 24.1 Å². The molecule has 0 aromatic heterocycles. The topological polar surface area (TPSA) is 393 Å². The van der Waals surface area contributed by atoms with E-state index in [1.807, 2.05) is 49.3 Å². The molecule has 0 fully saturated rings. The summed E-state index contributed by atoms with van der Waals surface area (Å²) in [6.07, 6.45) is 10.8. The molecule has 4 heterocycles. The molecule has 1 atom stereocenters. The van der Waals surface area contributed by atoms with Gasteiger partial charge in [0, 0.05) is 82.3 Å². The van der Waals surface area contributed by atoms with E-state index < -0.39 is 82.6 Å². The molecular formula is C74H80N3O25S4+. The lowest BCUT2D eigenvalue weighted by Crippen LogP contribution is -2.29. The number of cyclic esters (lactones) is 1. The molecule has 106 heavy (non-hydrogen) atoms. The van der Waals surface area contributed by atoms with Crippen LogP contribution in [-0.4, -0.2) is 172 Å². The van der Waals surface area contributed by atoms with Gasteiger partial charge in [0.25, 0.3) is 46.3 Å². The normalized spacial score (nSPS) is 17.4. The molecule has 32 heteroatoms. The minimum absolute atomic E-state index is 0.0105. The van der Waals surface area contributed by atoms with Crippen molar-refractivity contribution in [2.45, 2.75) is 96.0 Å². The summed E-state index contributed by atoms with van der Waals surface area (Å²) in [6, 6.07) is 24.0. The molecule has 0 aliphatic carbocycles. The Balaban J connectivity index is 0.656. The van der Waals surface area contributed by atoms with Crippen LogP contribution in [0, 0.1) is 0 Å². The number of aliphatic hydroxyl groups is 1. The quantitative estimate of drug-likeness (QED) is 0.00678. The molecule has 7 aromatic rings. The molecular weight excluding hydrogens is 1460 g/mol. The van der Waals surface area contributed by atoms with Crippen LogP contribution >= 0.6 is 0 Å². The van der Waals surface area contributed by atoms with Crippen molar-refractivity contribution in [1.29, 1.82) is 0 Å². The van der Waals surface area contributed by atoms with Crippen molar-refractivity contribution in [2.24, 2.45) is 0 Å². The van der Waals surface area contributed by atoms with Gasteiger partial charge in [0.05, 0.1) is 74.6 Å². The molecule has 7 aromatic carbocycles. The number of hydrogen-bond acceptors (Lipinski definition) is 22. The Morgan fingerprint density at radius 3 is 1.86 bits per heavy atom. The maximum Gasteiger partial charge on any atom is 0.342 e. The van der Waals surface area contributed by atoms with Gasteiger partial charge in [-0.05, 0) is 145 Å². The molecule has 0 spiro atoms. The smallest absolute Gasteiger partial charge is 0.342 e. The molecule has 7 N–H and O–H groups in total.